The predicted octanol–water partition coefficient (Wildman–Crippen LogP) is 1.41. The Labute approximate surface area is 103 Å². The number of hydrogen-bond donors (Lipinski definition) is 1. The first kappa shape index (κ1) is 13.7. The quantitative estimate of drug-likeness (QED) is 0.778. The summed E-state index contributed by atoms with van der Waals surface area (Å²) in [6, 6.07) is 1.83. The smallest absolute Gasteiger partial charge is 0.218 e. The van der Waals surface area contributed by atoms with Crippen molar-refractivity contribution < 1.29 is 4.74 Å². The van der Waals surface area contributed by atoms with Gasteiger partial charge in [-0.05, 0) is 20.5 Å². The fourth-order valence-electron chi connectivity index (χ4n) is 1.34. The molecule has 1 aromatic heterocycles. The van der Waals surface area contributed by atoms with E-state index in [0.29, 0.717) is 12.5 Å². The Balaban J connectivity index is 2.66. The molecule has 0 unspecified atom stereocenters. The topological polar surface area (TPSA) is 50.3 Å². The standard InChI is InChI=1S/C12H22N4O/c1-5-6-10-14-11(13-2)9-12(15-10)17-8-7-16(3)4/h9H,5-8H2,1-4H3,(H,13,14,15). The van der Waals surface area contributed by atoms with Crippen molar-refractivity contribution in [2.45, 2.75) is 19.8 Å². The maximum Gasteiger partial charge on any atom is 0.218 e. The minimum atomic E-state index is 0.638. The largest absolute Gasteiger partial charge is 0.476 e. The molecule has 1 aromatic rings. The second-order valence-electron chi connectivity index (χ2n) is 4.16. The van der Waals surface area contributed by atoms with E-state index >= 15 is 0 Å². The first-order valence-corrected chi connectivity index (χ1v) is 5.99. The van der Waals surface area contributed by atoms with Crippen LogP contribution in [0.5, 0.6) is 5.88 Å². The summed E-state index contributed by atoms with van der Waals surface area (Å²) in [7, 11) is 5.89. The third-order valence-corrected chi connectivity index (χ3v) is 2.27. The van der Waals surface area contributed by atoms with E-state index in [1.165, 1.54) is 0 Å². The van der Waals surface area contributed by atoms with Gasteiger partial charge in [0.2, 0.25) is 5.88 Å². The predicted molar refractivity (Wildman–Crippen MR) is 69.6 cm³/mol. The van der Waals surface area contributed by atoms with E-state index < -0.39 is 0 Å². The normalized spacial score (nSPS) is 10.6. The number of rotatable bonds is 7. The number of hydrogen-bond acceptors (Lipinski definition) is 5. The van der Waals surface area contributed by atoms with Gasteiger partial charge < -0.3 is 15.0 Å². The summed E-state index contributed by atoms with van der Waals surface area (Å²) < 4.78 is 5.61. The number of nitrogens with one attached hydrogen (secondary N) is 1. The van der Waals surface area contributed by atoms with E-state index in [9.17, 15) is 0 Å². The second-order valence-corrected chi connectivity index (χ2v) is 4.16. The lowest BCUT2D eigenvalue weighted by molar-refractivity contribution is 0.253. The van der Waals surface area contributed by atoms with Gasteiger partial charge >= 0.3 is 0 Å². The van der Waals surface area contributed by atoms with Gasteiger partial charge in [0, 0.05) is 26.1 Å². The highest BCUT2D eigenvalue weighted by Gasteiger charge is 2.04. The van der Waals surface area contributed by atoms with Gasteiger partial charge in [-0.15, -0.1) is 0 Å². The summed E-state index contributed by atoms with van der Waals surface area (Å²) in [5, 5.41) is 3.02. The van der Waals surface area contributed by atoms with Crippen molar-refractivity contribution in [3.8, 4) is 5.88 Å². The number of anilines is 1. The number of aryl methyl sites for hydroxylation is 1. The van der Waals surface area contributed by atoms with Crippen LogP contribution in [0.15, 0.2) is 6.07 Å². The zero-order valence-corrected chi connectivity index (χ0v) is 11.2. The van der Waals surface area contributed by atoms with Crippen LogP contribution in [0, 0.1) is 0 Å². The SMILES string of the molecule is CCCc1nc(NC)cc(OCCN(C)C)n1. The van der Waals surface area contributed by atoms with E-state index in [-0.39, 0.29) is 0 Å². The Morgan fingerprint density at radius 3 is 2.71 bits per heavy atom. The molecular weight excluding hydrogens is 216 g/mol. The van der Waals surface area contributed by atoms with Gasteiger partial charge in [0.1, 0.15) is 18.2 Å². The van der Waals surface area contributed by atoms with Crippen LogP contribution >= 0.6 is 0 Å². The molecule has 0 amide bonds. The number of nitrogens with zero attached hydrogens (tertiary/aromatic N) is 3. The monoisotopic (exact) mass is 238 g/mol. The van der Waals surface area contributed by atoms with Gasteiger partial charge in [-0.2, -0.15) is 4.98 Å². The van der Waals surface area contributed by atoms with Crippen LogP contribution in [0.4, 0.5) is 5.82 Å². The third-order valence-electron chi connectivity index (χ3n) is 2.27. The van der Waals surface area contributed by atoms with Crippen molar-refractivity contribution >= 4 is 5.82 Å². The summed E-state index contributed by atoms with van der Waals surface area (Å²) in [4.78, 5) is 10.8. The first-order chi connectivity index (χ1) is 8.15. The summed E-state index contributed by atoms with van der Waals surface area (Å²) in [6.07, 6.45) is 1.91. The van der Waals surface area contributed by atoms with E-state index in [2.05, 4.69) is 27.1 Å². The van der Waals surface area contributed by atoms with Crippen LogP contribution in [-0.2, 0) is 6.42 Å². The van der Waals surface area contributed by atoms with Crippen LogP contribution in [0.25, 0.3) is 0 Å². The van der Waals surface area contributed by atoms with E-state index in [1.807, 2.05) is 27.2 Å². The van der Waals surface area contributed by atoms with Crippen molar-refractivity contribution in [3.63, 3.8) is 0 Å². The molecule has 0 aliphatic heterocycles. The van der Waals surface area contributed by atoms with E-state index in [4.69, 9.17) is 4.74 Å². The lowest BCUT2D eigenvalue weighted by atomic mass is 10.3. The molecule has 1 rings (SSSR count). The fourth-order valence-corrected chi connectivity index (χ4v) is 1.34. The van der Waals surface area contributed by atoms with Gasteiger partial charge in [-0.3, -0.25) is 0 Å². The van der Waals surface area contributed by atoms with E-state index in [1.54, 1.807) is 0 Å². The molecule has 0 radical (unpaired) electrons. The highest BCUT2D eigenvalue weighted by atomic mass is 16.5. The molecule has 0 aliphatic carbocycles. The number of aromatic nitrogens is 2. The Kier molecular flexibility index (Phi) is 5.69. The molecule has 0 bridgehead atoms. The van der Waals surface area contributed by atoms with Gasteiger partial charge in [0.05, 0.1) is 0 Å². The van der Waals surface area contributed by atoms with Crippen molar-refractivity contribution in [2.75, 3.05) is 39.6 Å². The highest BCUT2D eigenvalue weighted by Crippen LogP contribution is 2.13. The Morgan fingerprint density at radius 1 is 1.35 bits per heavy atom. The molecule has 0 aliphatic rings. The zero-order chi connectivity index (χ0) is 12.7. The molecule has 1 heterocycles. The van der Waals surface area contributed by atoms with Gasteiger partial charge in [0.25, 0.3) is 0 Å². The average Bonchev–Trinajstić information content (AvgIpc) is 2.28. The lowest BCUT2D eigenvalue weighted by Crippen LogP contribution is -2.20. The molecule has 0 aromatic carbocycles. The molecule has 17 heavy (non-hydrogen) atoms. The molecule has 1 N–H and O–H groups in total. The summed E-state index contributed by atoms with van der Waals surface area (Å²) in [5.74, 6) is 2.29. The summed E-state index contributed by atoms with van der Waals surface area (Å²) in [5.41, 5.74) is 0. The van der Waals surface area contributed by atoms with Gasteiger partial charge in [0.15, 0.2) is 0 Å². The summed E-state index contributed by atoms with van der Waals surface area (Å²) >= 11 is 0. The maximum absolute atomic E-state index is 5.61. The average molecular weight is 238 g/mol. The molecule has 0 spiro atoms. The number of likely N-dealkylation sites (N-methyl/N-ethyl adjacent to an activating group) is 1. The van der Waals surface area contributed by atoms with E-state index in [0.717, 1.165) is 31.0 Å². The van der Waals surface area contributed by atoms with Crippen molar-refractivity contribution in [1.82, 2.24) is 14.9 Å². The molecule has 0 saturated heterocycles. The van der Waals surface area contributed by atoms with Gasteiger partial charge in [-0.1, -0.05) is 6.92 Å². The highest BCUT2D eigenvalue weighted by molar-refractivity contribution is 5.37. The van der Waals surface area contributed by atoms with Crippen molar-refractivity contribution in [3.05, 3.63) is 11.9 Å². The molecular formula is C12H22N4O. The Morgan fingerprint density at radius 2 is 2.12 bits per heavy atom. The first-order valence-electron chi connectivity index (χ1n) is 5.99. The molecule has 96 valence electrons. The van der Waals surface area contributed by atoms with Crippen LogP contribution in [0.3, 0.4) is 0 Å². The molecule has 0 saturated carbocycles. The molecule has 5 heteroatoms. The molecule has 0 atom stereocenters. The Bertz CT molecular complexity index is 341. The van der Waals surface area contributed by atoms with Crippen molar-refractivity contribution in [2.24, 2.45) is 0 Å². The maximum atomic E-state index is 5.61. The fraction of sp³-hybridized carbons (Fsp3) is 0.667. The number of ether oxygens (including phenoxy) is 1. The molecule has 0 fully saturated rings. The van der Waals surface area contributed by atoms with Crippen LogP contribution in [0.1, 0.15) is 19.2 Å². The minimum Gasteiger partial charge on any atom is -0.476 e. The van der Waals surface area contributed by atoms with Crippen LogP contribution < -0.4 is 10.1 Å². The zero-order valence-electron chi connectivity index (χ0n) is 11.2. The Hall–Kier alpha value is -1.36. The van der Waals surface area contributed by atoms with Crippen molar-refractivity contribution in [1.29, 1.82) is 0 Å². The lowest BCUT2D eigenvalue weighted by Gasteiger charge is -2.11. The molecule has 5 nitrogen and oxygen atoms in total. The minimum absolute atomic E-state index is 0.638. The summed E-state index contributed by atoms with van der Waals surface area (Å²) in [6.45, 7) is 3.63. The van der Waals surface area contributed by atoms with Gasteiger partial charge in [-0.25, -0.2) is 4.98 Å². The van der Waals surface area contributed by atoms with Crippen LogP contribution in [-0.4, -0.2) is 49.2 Å². The third kappa shape index (κ3) is 4.99. The second kappa shape index (κ2) is 7.06. The van der Waals surface area contributed by atoms with Crippen LogP contribution in [0.2, 0.25) is 0 Å².